The summed E-state index contributed by atoms with van der Waals surface area (Å²) in [5, 5.41) is 11.9. The maximum Gasteiger partial charge on any atom is 0.286 e. The van der Waals surface area contributed by atoms with Gasteiger partial charge in [-0.2, -0.15) is 0 Å². The topological polar surface area (TPSA) is 103 Å². The molecule has 2 aromatic rings. The van der Waals surface area contributed by atoms with Crippen molar-refractivity contribution in [1.29, 1.82) is 0 Å². The van der Waals surface area contributed by atoms with E-state index in [1.807, 2.05) is 0 Å². The Morgan fingerprint density at radius 1 is 1.04 bits per heavy atom. The van der Waals surface area contributed by atoms with Crippen molar-refractivity contribution in [2.75, 3.05) is 19.6 Å². The summed E-state index contributed by atoms with van der Waals surface area (Å²) in [5.74, 6) is -0.530. The van der Waals surface area contributed by atoms with Crippen molar-refractivity contribution in [3.8, 4) is 11.5 Å². The molecule has 2 N–H and O–H groups in total. The minimum atomic E-state index is -0.806. The minimum Gasteiger partial charge on any atom is -0.493 e. The van der Waals surface area contributed by atoms with Gasteiger partial charge >= 0.3 is 0 Å². The molecule has 0 aliphatic heterocycles. The Kier molecular flexibility index (Phi) is 6.36. The van der Waals surface area contributed by atoms with Crippen LogP contribution < -0.4 is 20.3 Å². The number of benzene rings is 2. The molecule has 0 aromatic heterocycles. The van der Waals surface area contributed by atoms with E-state index in [4.69, 9.17) is 44.3 Å². The number of nitrogens with zero attached hydrogens (tertiary/aromatic N) is 1. The third-order valence-electron chi connectivity index (χ3n) is 3.25. The molecule has 2 aromatic carbocycles. The quantitative estimate of drug-likeness (QED) is 0.532. The molecule has 0 fully saturated rings. The molecule has 0 saturated heterocycles. The van der Waals surface area contributed by atoms with Crippen LogP contribution >= 0.6 is 34.8 Å². The maximum absolute atomic E-state index is 12.4. The Balaban J connectivity index is 2.33. The smallest absolute Gasteiger partial charge is 0.286 e. The number of hydrogen-bond acceptors (Lipinski definition) is 6. The van der Waals surface area contributed by atoms with Crippen molar-refractivity contribution >= 4 is 52.1 Å². The highest BCUT2D eigenvalue weighted by Crippen LogP contribution is 2.35. The number of nitro benzene ring substituents is 1. The molecule has 8 nitrogen and oxygen atoms in total. The Morgan fingerprint density at radius 2 is 1.58 bits per heavy atom. The number of nitro groups is 1. The molecule has 2 rings (SSSR count). The van der Waals surface area contributed by atoms with Gasteiger partial charge in [0.05, 0.1) is 40.9 Å². The number of hydrogen-bond donors (Lipinski definition) is 2. The first-order valence-electron chi connectivity index (χ1n) is 6.89. The van der Waals surface area contributed by atoms with Crippen LogP contribution in [0.1, 0.15) is 10.4 Å². The number of ether oxygens (including phenoxy) is 2. The summed E-state index contributed by atoms with van der Waals surface area (Å²) < 4.78 is 10.1. The predicted octanol–water partition coefficient (Wildman–Crippen LogP) is 4.33. The van der Waals surface area contributed by atoms with Gasteiger partial charge in [-0.15, -0.1) is 0 Å². The number of anilines is 1. The summed E-state index contributed by atoms with van der Waals surface area (Å²) in [7, 11) is 2.67. The van der Waals surface area contributed by atoms with E-state index in [1.54, 1.807) is 0 Å². The number of halogens is 3. The van der Waals surface area contributed by atoms with Gasteiger partial charge in [0.2, 0.25) is 0 Å². The van der Waals surface area contributed by atoms with Crippen LogP contribution in [-0.2, 0) is 0 Å². The SMILES string of the molecule is COc1cc(C(=O)NNc2c(Cl)cc(Cl)cc2Cl)c([N+](=O)[O-])cc1OC. The van der Waals surface area contributed by atoms with E-state index in [1.165, 1.54) is 32.4 Å². The van der Waals surface area contributed by atoms with Gasteiger partial charge in [0.15, 0.2) is 11.5 Å². The van der Waals surface area contributed by atoms with Crippen LogP contribution in [0.25, 0.3) is 0 Å². The average molecular weight is 421 g/mol. The second-order valence-corrected chi connectivity index (χ2v) is 6.06. The molecule has 0 saturated carbocycles. The maximum atomic E-state index is 12.4. The molecule has 26 heavy (non-hydrogen) atoms. The van der Waals surface area contributed by atoms with Crippen LogP contribution in [0.15, 0.2) is 24.3 Å². The number of carbonyl (C=O) groups excluding carboxylic acids is 1. The second kappa shape index (κ2) is 8.31. The zero-order valence-electron chi connectivity index (χ0n) is 13.4. The Labute approximate surface area is 163 Å². The third kappa shape index (κ3) is 4.21. The second-order valence-electron chi connectivity index (χ2n) is 4.81. The lowest BCUT2D eigenvalue weighted by Gasteiger charge is -2.13. The molecule has 0 radical (unpaired) electrons. The van der Waals surface area contributed by atoms with E-state index in [2.05, 4.69) is 10.9 Å². The Hall–Kier alpha value is -2.42. The van der Waals surface area contributed by atoms with E-state index in [9.17, 15) is 14.9 Å². The van der Waals surface area contributed by atoms with Crippen LogP contribution in [0.3, 0.4) is 0 Å². The van der Waals surface area contributed by atoms with E-state index in [-0.39, 0.29) is 32.8 Å². The normalized spacial score (nSPS) is 10.2. The van der Waals surface area contributed by atoms with Gasteiger partial charge in [-0.3, -0.25) is 25.8 Å². The van der Waals surface area contributed by atoms with Crippen LogP contribution in [0, 0.1) is 10.1 Å². The van der Waals surface area contributed by atoms with Crippen molar-refractivity contribution in [3.05, 3.63) is 55.0 Å². The molecule has 11 heteroatoms. The van der Waals surface area contributed by atoms with Crippen molar-refractivity contribution in [3.63, 3.8) is 0 Å². The summed E-state index contributed by atoms with van der Waals surface area (Å²) in [6, 6.07) is 5.12. The van der Waals surface area contributed by atoms with Gasteiger partial charge in [0.1, 0.15) is 5.56 Å². The third-order valence-corrected chi connectivity index (χ3v) is 4.07. The molecule has 0 unspecified atom stereocenters. The van der Waals surface area contributed by atoms with Gasteiger partial charge in [0.25, 0.3) is 11.6 Å². The number of methoxy groups -OCH3 is 2. The number of hydrazine groups is 1. The summed E-state index contributed by atoms with van der Waals surface area (Å²) in [4.78, 5) is 23.0. The van der Waals surface area contributed by atoms with E-state index < -0.39 is 16.5 Å². The standard InChI is InChI=1S/C15H12Cl3N3O5/c1-25-12-5-8(11(21(23)24)6-13(12)26-2)15(22)20-19-14-9(17)3-7(16)4-10(14)18/h3-6,19H,1-2H3,(H,20,22). The minimum absolute atomic E-state index is 0.118. The summed E-state index contributed by atoms with van der Waals surface area (Å²) >= 11 is 17.8. The van der Waals surface area contributed by atoms with Gasteiger partial charge in [-0.1, -0.05) is 34.8 Å². The summed E-state index contributed by atoms with van der Waals surface area (Å²) in [5.41, 5.74) is 4.30. The molecule has 138 valence electrons. The fraction of sp³-hybridized carbons (Fsp3) is 0.133. The zero-order chi connectivity index (χ0) is 19.4. The fourth-order valence-electron chi connectivity index (χ4n) is 2.05. The van der Waals surface area contributed by atoms with E-state index in [0.29, 0.717) is 5.02 Å². The average Bonchev–Trinajstić information content (AvgIpc) is 2.59. The molecule has 0 bridgehead atoms. The van der Waals surface area contributed by atoms with E-state index >= 15 is 0 Å². The Morgan fingerprint density at radius 3 is 2.08 bits per heavy atom. The highest BCUT2D eigenvalue weighted by molar-refractivity contribution is 6.41. The molecule has 0 aliphatic carbocycles. The van der Waals surface area contributed by atoms with Gasteiger partial charge in [-0.25, -0.2) is 0 Å². The first-order valence-corrected chi connectivity index (χ1v) is 8.03. The Bertz CT molecular complexity index is 853. The van der Waals surface area contributed by atoms with Crippen molar-refractivity contribution in [2.24, 2.45) is 0 Å². The number of carbonyl (C=O) groups is 1. The van der Waals surface area contributed by atoms with Crippen LogP contribution in [0.2, 0.25) is 15.1 Å². The van der Waals surface area contributed by atoms with Gasteiger partial charge < -0.3 is 9.47 Å². The predicted molar refractivity (Wildman–Crippen MR) is 98.8 cm³/mol. The van der Waals surface area contributed by atoms with Gasteiger partial charge in [0, 0.05) is 11.1 Å². The number of nitrogens with one attached hydrogen (secondary N) is 2. The lowest BCUT2D eigenvalue weighted by Crippen LogP contribution is -2.30. The molecular weight excluding hydrogens is 409 g/mol. The monoisotopic (exact) mass is 419 g/mol. The fourth-order valence-corrected chi connectivity index (χ4v) is 2.96. The number of amides is 1. The molecule has 0 atom stereocenters. The highest BCUT2D eigenvalue weighted by Gasteiger charge is 2.25. The van der Waals surface area contributed by atoms with Crippen molar-refractivity contribution < 1.29 is 19.2 Å². The molecule has 1 amide bonds. The van der Waals surface area contributed by atoms with Crippen LogP contribution in [-0.4, -0.2) is 25.1 Å². The molecule has 0 spiro atoms. The van der Waals surface area contributed by atoms with Crippen molar-refractivity contribution in [2.45, 2.75) is 0 Å². The molecule has 0 aliphatic rings. The van der Waals surface area contributed by atoms with Crippen LogP contribution in [0.4, 0.5) is 11.4 Å². The highest BCUT2D eigenvalue weighted by atomic mass is 35.5. The zero-order valence-corrected chi connectivity index (χ0v) is 15.7. The van der Waals surface area contributed by atoms with Gasteiger partial charge in [-0.05, 0) is 12.1 Å². The summed E-state index contributed by atoms with van der Waals surface area (Å²) in [6.07, 6.45) is 0. The van der Waals surface area contributed by atoms with E-state index in [0.717, 1.165) is 6.07 Å². The number of rotatable bonds is 6. The van der Waals surface area contributed by atoms with Crippen molar-refractivity contribution in [1.82, 2.24) is 5.43 Å². The molecular formula is C15H12Cl3N3O5. The molecule has 0 heterocycles. The largest absolute Gasteiger partial charge is 0.493 e. The van der Waals surface area contributed by atoms with Crippen LogP contribution in [0.5, 0.6) is 11.5 Å². The first-order chi connectivity index (χ1) is 12.3. The lowest BCUT2D eigenvalue weighted by molar-refractivity contribution is -0.385. The first kappa shape index (κ1) is 19.9. The summed E-state index contributed by atoms with van der Waals surface area (Å²) in [6.45, 7) is 0. The lowest BCUT2D eigenvalue weighted by atomic mass is 10.1.